The third-order valence-corrected chi connectivity index (χ3v) is 3.72. The number of hydrogen-bond acceptors (Lipinski definition) is 3. The average molecular weight is 295 g/mol. The van der Waals surface area contributed by atoms with Crippen LogP contribution in [0, 0.1) is 20.6 Å². The van der Waals surface area contributed by atoms with Gasteiger partial charge >= 0.3 is 0 Å². The van der Waals surface area contributed by atoms with Gasteiger partial charge in [-0.05, 0) is 35.6 Å². The largest absolute Gasteiger partial charge is 0.273 e. The lowest BCUT2D eigenvalue weighted by Crippen LogP contribution is -1.94. The van der Waals surface area contributed by atoms with Crippen LogP contribution in [0.25, 0.3) is 0 Å². The third-order valence-electron chi connectivity index (χ3n) is 1.53. The summed E-state index contributed by atoms with van der Waals surface area (Å²) in [6.07, 6.45) is 0. The highest BCUT2D eigenvalue weighted by Gasteiger charge is 2.13. The van der Waals surface area contributed by atoms with E-state index in [0.717, 1.165) is 8.47 Å². The van der Waals surface area contributed by atoms with Crippen molar-refractivity contribution in [1.29, 1.82) is 0 Å². The van der Waals surface area contributed by atoms with Gasteiger partial charge in [0.1, 0.15) is 0 Å². The summed E-state index contributed by atoms with van der Waals surface area (Å²) in [4.78, 5) is 10.9. The fourth-order valence-electron chi connectivity index (χ4n) is 0.858. The molecule has 0 fully saturated rings. The van der Waals surface area contributed by atoms with Gasteiger partial charge in [0.15, 0.2) is 0 Å². The van der Waals surface area contributed by atoms with Crippen molar-refractivity contribution in [3.05, 3.63) is 31.4 Å². The second kappa shape index (κ2) is 3.61. The molecule has 0 radical (unpaired) electrons. The summed E-state index contributed by atoms with van der Waals surface area (Å²) in [5.74, 6) is 0. The molecular weight excluding hydrogens is 289 g/mol. The molecule has 3 nitrogen and oxygen atoms in total. The minimum Gasteiger partial charge on any atom is -0.258 e. The van der Waals surface area contributed by atoms with Gasteiger partial charge < -0.3 is 0 Å². The first kappa shape index (κ1) is 9.79. The van der Waals surface area contributed by atoms with E-state index in [2.05, 4.69) is 12.6 Å². The molecule has 1 rings (SSSR count). The summed E-state index contributed by atoms with van der Waals surface area (Å²) in [6.45, 7) is 1.72. The summed E-state index contributed by atoms with van der Waals surface area (Å²) >= 11 is 6.20. The minimum absolute atomic E-state index is 0.150. The Morgan fingerprint density at radius 2 is 2.17 bits per heavy atom. The molecule has 0 N–H and O–H groups in total. The van der Waals surface area contributed by atoms with Gasteiger partial charge in [-0.15, -0.1) is 12.6 Å². The normalized spacial score (nSPS) is 9.92. The molecule has 1 aromatic carbocycles. The number of benzene rings is 1. The van der Waals surface area contributed by atoms with Crippen LogP contribution in [0.2, 0.25) is 0 Å². The maximum Gasteiger partial charge on any atom is 0.273 e. The molecule has 1 aromatic rings. The number of nitro benzene ring substituents is 1. The summed E-state index contributed by atoms with van der Waals surface area (Å²) < 4.78 is 0.838. The van der Waals surface area contributed by atoms with E-state index in [4.69, 9.17) is 0 Å². The van der Waals surface area contributed by atoms with E-state index in [1.165, 1.54) is 6.07 Å². The van der Waals surface area contributed by atoms with Crippen molar-refractivity contribution in [2.45, 2.75) is 11.8 Å². The fourth-order valence-corrected chi connectivity index (χ4v) is 1.56. The number of rotatable bonds is 1. The van der Waals surface area contributed by atoms with Gasteiger partial charge in [-0.25, -0.2) is 0 Å². The molecule has 0 aliphatic heterocycles. The van der Waals surface area contributed by atoms with Crippen molar-refractivity contribution in [2.75, 3.05) is 0 Å². The van der Waals surface area contributed by atoms with E-state index < -0.39 is 0 Å². The zero-order valence-corrected chi connectivity index (χ0v) is 9.30. The zero-order valence-electron chi connectivity index (χ0n) is 6.24. The predicted octanol–water partition coefficient (Wildman–Crippen LogP) is 2.80. The van der Waals surface area contributed by atoms with E-state index in [1.54, 1.807) is 13.0 Å². The molecule has 5 heteroatoms. The van der Waals surface area contributed by atoms with Crippen molar-refractivity contribution < 1.29 is 4.92 Å². The van der Waals surface area contributed by atoms with Crippen molar-refractivity contribution in [3.8, 4) is 0 Å². The second-order valence-electron chi connectivity index (χ2n) is 2.30. The smallest absolute Gasteiger partial charge is 0.258 e. The molecule has 12 heavy (non-hydrogen) atoms. The standard InChI is InChI=1S/C7H6INO2S/c1-4-5(9(10)11)2-3-6(12)7(4)8/h2-3,12H,1H3. The second-order valence-corrected chi connectivity index (χ2v) is 3.86. The van der Waals surface area contributed by atoms with Gasteiger partial charge in [-0.3, -0.25) is 10.1 Å². The molecular formula is C7H6INO2S. The SMILES string of the molecule is Cc1c([N+](=O)[O-])ccc(S)c1I. The van der Waals surface area contributed by atoms with E-state index in [9.17, 15) is 10.1 Å². The highest BCUT2D eigenvalue weighted by Crippen LogP contribution is 2.27. The molecule has 0 amide bonds. The Kier molecular flexibility index (Phi) is 2.94. The lowest BCUT2D eigenvalue weighted by Gasteiger charge is -2.01. The van der Waals surface area contributed by atoms with Gasteiger partial charge in [0.05, 0.1) is 4.92 Å². The van der Waals surface area contributed by atoms with Gasteiger partial charge in [0.25, 0.3) is 5.69 Å². The van der Waals surface area contributed by atoms with Crippen molar-refractivity contribution in [2.24, 2.45) is 0 Å². The summed E-state index contributed by atoms with van der Waals surface area (Å²) in [7, 11) is 0. The van der Waals surface area contributed by atoms with Crippen molar-refractivity contribution in [3.63, 3.8) is 0 Å². The molecule has 0 saturated carbocycles. The van der Waals surface area contributed by atoms with E-state index in [-0.39, 0.29) is 10.6 Å². The first-order chi connectivity index (χ1) is 5.54. The van der Waals surface area contributed by atoms with Gasteiger partial charge in [-0.2, -0.15) is 0 Å². The maximum atomic E-state index is 10.5. The van der Waals surface area contributed by atoms with Crippen LogP contribution in [0.15, 0.2) is 17.0 Å². The van der Waals surface area contributed by atoms with Crippen LogP contribution in [-0.2, 0) is 0 Å². The number of hydrogen-bond donors (Lipinski definition) is 1. The first-order valence-electron chi connectivity index (χ1n) is 3.16. The Morgan fingerprint density at radius 1 is 1.58 bits per heavy atom. The van der Waals surface area contributed by atoms with E-state index in [1.807, 2.05) is 22.6 Å². The lowest BCUT2D eigenvalue weighted by molar-refractivity contribution is -0.385. The zero-order chi connectivity index (χ0) is 9.30. The minimum atomic E-state index is -0.384. The summed E-state index contributed by atoms with van der Waals surface area (Å²) in [5, 5.41) is 10.5. The first-order valence-corrected chi connectivity index (χ1v) is 4.69. The van der Waals surface area contributed by atoms with E-state index in [0.29, 0.717) is 5.56 Å². The molecule has 64 valence electrons. The van der Waals surface area contributed by atoms with Crippen LogP contribution < -0.4 is 0 Å². The van der Waals surface area contributed by atoms with Crippen LogP contribution in [0.5, 0.6) is 0 Å². The Morgan fingerprint density at radius 3 is 2.67 bits per heavy atom. The van der Waals surface area contributed by atoms with Crippen LogP contribution in [-0.4, -0.2) is 4.92 Å². The van der Waals surface area contributed by atoms with Crippen LogP contribution in [0.3, 0.4) is 0 Å². The Balaban J connectivity index is 3.36. The monoisotopic (exact) mass is 295 g/mol. The quantitative estimate of drug-likeness (QED) is 0.375. The molecule has 0 saturated heterocycles. The third kappa shape index (κ3) is 1.71. The van der Waals surface area contributed by atoms with Gasteiger partial charge in [0, 0.05) is 20.1 Å². The highest BCUT2D eigenvalue weighted by atomic mass is 127. The van der Waals surface area contributed by atoms with Gasteiger partial charge in [-0.1, -0.05) is 0 Å². The molecule has 0 spiro atoms. The van der Waals surface area contributed by atoms with Crippen molar-refractivity contribution >= 4 is 40.9 Å². The lowest BCUT2D eigenvalue weighted by atomic mass is 10.2. The van der Waals surface area contributed by atoms with Crippen LogP contribution in [0.1, 0.15) is 5.56 Å². The topological polar surface area (TPSA) is 43.1 Å². The maximum absolute atomic E-state index is 10.5. The fraction of sp³-hybridized carbons (Fsp3) is 0.143. The molecule has 0 aliphatic carbocycles. The Bertz CT molecular complexity index is 340. The van der Waals surface area contributed by atoms with Gasteiger partial charge in [0.2, 0.25) is 0 Å². The predicted molar refractivity (Wildman–Crippen MR) is 57.8 cm³/mol. The number of halogens is 1. The van der Waals surface area contributed by atoms with Crippen molar-refractivity contribution in [1.82, 2.24) is 0 Å². The highest BCUT2D eigenvalue weighted by molar-refractivity contribution is 14.1. The number of nitro groups is 1. The molecule has 0 atom stereocenters. The summed E-state index contributed by atoms with van der Waals surface area (Å²) in [5.41, 5.74) is 0.824. The Labute approximate surface area is 88.9 Å². The van der Waals surface area contributed by atoms with Crippen LogP contribution in [0.4, 0.5) is 5.69 Å². The average Bonchev–Trinajstić information content (AvgIpc) is 2.00. The number of nitrogens with zero attached hydrogens (tertiary/aromatic N) is 1. The molecule has 0 bridgehead atoms. The molecule has 0 aromatic heterocycles. The molecule has 0 heterocycles. The number of thiol groups is 1. The Hall–Kier alpha value is -0.300. The van der Waals surface area contributed by atoms with Crippen LogP contribution >= 0.6 is 35.2 Å². The van der Waals surface area contributed by atoms with E-state index >= 15 is 0 Å². The molecule has 0 aliphatic rings. The molecule has 0 unspecified atom stereocenters. The summed E-state index contributed by atoms with van der Waals surface area (Å²) in [6, 6.07) is 3.11.